The number of thiazole rings is 1. The predicted molar refractivity (Wildman–Crippen MR) is 92.9 cm³/mol. The van der Waals surface area contributed by atoms with Gasteiger partial charge in [-0.1, -0.05) is 18.2 Å². The second-order valence-corrected chi connectivity index (χ2v) is 7.75. The minimum Gasteiger partial charge on any atom is -0.345 e. The molecular weight excluding hydrogens is 325 g/mol. The number of hydrogen-bond donors (Lipinski definition) is 0. The molecule has 2 heterocycles. The second-order valence-electron chi connectivity index (χ2n) is 6.54. The van der Waals surface area contributed by atoms with Crippen LogP contribution in [0.15, 0.2) is 30.5 Å². The number of rotatable bonds is 3. The van der Waals surface area contributed by atoms with Gasteiger partial charge in [0.05, 0.1) is 0 Å². The van der Waals surface area contributed by atoms with Crippen molar-refractivity contribution in [1.82, 2.24) is 9.88 Å². The summed E-state index contributed by atoms with van der Waals surface area (Å²) in [6, 6.07) is 6.81. The lowest BCUT2D eigenvalue weighted by atomic mass is 10.1. The van der Waals surface area contributed by atoms with Gasteiger partial charge in [0.1, 0.15) is 5.82 Å². The molecule has 1 amide bonds. The number of amides is 1. The first-order chi connectivity index (χ1) is 11.6. The lowest BCUT2D eigenvalue weighted by Gasteiger charge is -2.34. The van der Waals surface area contributed by atoms with Crippen LogP contribution in [-0.2, 0) is 4.79 Å². The molecule has 2 fully saturated rings. The fourth-order valence-electron chi connectivity index (χ4n) is 3.43. The molecule has 1 aliphatic carbocycles. The largest absolute Gasteiger partial charge is 0.345 e. The van der Waals surface area contributed by atoms with Crippen LogP contribution in [0.4, 0.5) is 9.52 Å². The normalized spacial score (nSPS) is 23.4. The maximum absolute atomic E-state index is 13.9. The summed E-state index contributed by atoms with van der Waals surface area (Å²) in [5.74, 6) is -0.00567. The molecule has 0 bridgehead atoms. The number of benzene rings is 1. The van der Waals surface area contributed by atoms with E-state index in [0.29, 0.717) is 5.56 Å². The highest BCUT2D eigenvalue weighted by Crippen LogP contribution is 2.49. The topological polar surface area (TPSA) is 36.4 Å². The van der Waals surface area contributed by atoms with Crippen molar-refractivity contribution in [2.75, 3.05) is 31.1 Å². The maximum atomic E-state index is 13.9. The fraction of sp³-hybridized carbons (Fsp3) is 0.444. The van der Waals surface area contributed by atoms with Crippen molar-refractivity contribution in [1.29, 1.82) is 0 Å². The number of carbonyl (C=O) groups is 1. The average Bonchev–Trinajstić information content (AvgIpc) is 3.28. The Morgan fingerprint density at radius 1 is 1.25 bits per heavy atom. The van der Waals surface area contributed by atoms with Crippen LogP contribution in [0.3, 0.4) is 0 Å². The molecule has 2 aliphatic rings. The summed E-state index contributed by atoms with van der Waals surface area (Å²) in [6.45, 7) is 5.12. The molecule has 1 saturated carbocycles. The summed E-state index contributed by atoms with van der Waals surface area (Å²) < 4.78 is 13.9. The Hall–Kier alpha value is -1.95. The molecule has 24 heavy (non-hydrogen) atoms. The molecule has 0 radical (unpaired) electrons. The summed E-state index contributed by atoms with van der Waals surface area (Å²) in [5, 5.41) is 1.04. The first-order valence-corrected chi connectivity index (χ1v) is 9.15. The quantitative estimate of drug-likeness (QED) is 0.858. The van der Waals surface area contributed by atoms with E-state index in [4.69, 9.17) is 0 Å². The van der Waals surface area contributed by atoms with E-state index in [0.717, 1.165) is 37.7 Å². The molecule has 1 saturated heterocycles. The van der Waals surface area contributed by atoms with Crippen LogP contribution in [0.1, 0.15) is 22.8 Å². The Balaban J connectivity index is 1.35. The van der Waals surface area contributed by atoms with Gasteiger partial charge in [-0.2, -0.15) is 0 Å². The minimum atomic E-state index is -0.193. The molecule has 2 aromatic rings. The van der Waals surface area contributed by atoms with Crippen LogP contribution in [0.2, 0.25) is 0 Å². The molecule has 0 unspecified atom stereocenters. The monoisotopic (exact) mass is 345 g/mol. The van der Waals surface area contributed by atoms with Crippen molar-refractivity contribution in [3.8, 4) is 0 Å². The van der Waals surface area contributed by atoms with Crippen LogP contribution in [0.25, 0.3) is 0 Å². The van der Waals surface area contributed by atoms with E-state index in [1.54, 1.807) is 23.5 Å². The molecule has 1 aromatic carbocycles. The predicted octanol–water partition coefficient (Wildman–Crippen LogP) is 3.04. The zero-order valence-corrected chi connectivity index (χ0v) is 14.4. The number of piperazine rings is 1. The summed E-state index contributed by atoms with van der Waals surface area (Å²) >= 11 is 1.69. The van der Waals surface area contributed by atoms with Gasteiger partial charge in [0, 0.05) is 43.2 Å². The molecular formula is C18H20FN3OS. The first-order valence-electron chi connectivity index (χ1n) is 8.34. The third kappa shape index (κ3) is 2.90. The smallest absolute Gasteiger partial charge is 0.226 e. The van der Waals surface area contributed by atoms with E-state index >= 15 is 0 Å². The van der Waals surface area contributed by atoms with E-state index < -0.39 is 0 Å². The number of aryl methyl sites for hydroxylation is 1. The van der Waals surface area contributed by atoms with E-state index in [9.17, 15) is 9.18 Å². The van der Waals surface area contributed by atoms with Crippen LogP contribution in [0, 0.1) is 18.7 Å². The molecule has 4 rings (SSSR count). The molecule has 0 N–H and O–H groups in total. The standard InChI is InChI=1S/C18H20FN3OS/c1-12-11-20-18(24-12)22-8-6-21(7-9-22)17(23)15-10-14(15)13-4-2-3-5-16(13)19/h2-5,11,14-15H,6-10H2,1H3/t14-,15+/m0/s1. The summed E-state index contributed by atoms with van der Waals surface area (Å²) in [4.78, 5) is 22.5. The Bertz CT molecular complexity index is 754. The van der Waals surface area contributed by atoms with E-state index in [1.165, 1.54) is 10.9 Å². The molecule has 4 nitrogen and oxygen atoms in total. The number of anilines is 1. The van der Waals surface area contributed by atoms with E-state index in [2.05, 4.69) is 16.8 Å². The average molecular weight is 345 g/mol. The molecule has 1 aromatic heterocycles. The molecule has 2 atom stereocenters. The van der Waals surface area contributed by atoms with Gasteiger partial charge in [-0.25, -0.2) is 9.37 Å². The third-order valence-electron chi connectivity index (χ3n) is 4.88. The highest BCUT2D eigenvalue weighted by atomic mass is 32.1. The molecule has 126 valence electrons. The van der Waals surface area contributed by atoms with Crippen molar-refractivity contribution in [2.45, 2.75) is 19.3 Å². The molecule has 6 heteroatoms. The van der Waals surface area contributed by atoms with Crippen molar-refractivity contribution in [3.63, 3.8) is 0 Å². The Kier molecular flexibility index (Phi) is 4.00. The number of aromatic nitrogens is 1. The Labute approximate surface area is 144 Å². The summed E-state index contributed by atoms with van der Waals surface area (Å²) in [7, 11) is 0. The van der Waals surface area contributed by atoms with Crippen LogP contribution >= 0.6 is 11.3 Å². The minimum absolute atomic E-state index is 0.0458. The third-order valence-corrected chi connectivity index (χ3v) is 5.86. The van der Waals surface area contributed by atoms with Gasteiger partial charge in [-0.05, 0) is 30.9 Å². The van der Waals surface area contributed by atoms with Gasteiger partial charge >= 0.3 is 0 Å². The molecule has 1 aliphatic heterocycles. The number of hydrogen-bond acceptors (Lipinski definition) is 4. The number of nitrogens with zero attached hydrogens (tertiary/aromatic N) is 3. The van der Waals surface area contributed by atoms with Crippen LogP contribution in [-0.4, -0.2) is 42.0 Å². The SMILES string of the molecule is Cc1cnc(N2CCN(C(=O)[C@@H]3C[C@H]3c3ccccc3F)CC2)s1. The first kappa shape index (κ1) is 15.6. The Morgan fingerprint density at radius 3 is 2.67 bits per heavy atom. The summed E-state index contributed by atoms with van der Waals surface area (Å²) in [6.07, 6.45) is 2.66. The van der Waals surface area contributed by atoms with Gasteiger partial charge in [0.25, 0.3) is 0 Å². The number of carbonyl (C=O) groups excluding carboxylic acids is 1. The van der Waals surface area contributed by atoms with Crippen molar-refractivity contribution < 1.29 is 9.18 Å². The van der Waals surface area contributed by atoms with E-state index in [1.807, 2.05) is 17.2 Å². The summed E-state index contributed by atoms with van der Waals surface area (Å²) in [5.41, 5.74) is 0.688. The molecule has 0 spiro atoms. The lowest BCUT2D eigenvalue weighted by Crippen LogP contribution is -2.49. The van der Waals surface area contributed by atoms with Gasteiger partial charge in [0.15, 0.2) is 5.13 Å². The van der Waals surface area contributed by atoms with E-state index in [-0.39, 0.29) is 23.6 Å². The van der Waals surface area contributed by atoms with Gasteiger partial charge in [-0.3, -0.25) is 4.79 Å². The second kappa shape index (κ2) is 6.16. The Morgan fingerprint density at radius 2 is 2.00 bits per heavy atom. The maximum Gasteiger partial charge on any atom is 0.226 e. The highest BCUT2D eigenvalue weighted by molar-refractivity contribution is 7.15. The van der Waals surface area contributed by atoms with Crippen molar-refractivity contribution in [2.24, 2.45) is 5.92 Å². The lowest BCUT2D eigenvalue weighted by molar-refractivity contribution is -0.132. The van der Waals surface area contributed by atoms with Crippen molar-refractivity contribution in [3.05, 3.63) is 46.7 Å². The fourth-order valence-corrected chi connectivity index (χ4v) is 4.24. The van der Waals surface area contributed by atoms with Crippen molar-refractivity contribution >= 4 is 22.4 Å². The van der Waals surface area contributed by atoms with Gasteiger partial charge < -0.3 is 9.80 Å². The zero-order valence-electron chi connectivity index (χ0n) is 13.6. The van der Waals surface area contributed by atoms with Gasteiger partial charge in [-0.15, -0.1) is 11.3 Å². The van der Waals surface area contributed by atoms with Gasteiger partial charge in [0.2, 0.25) is 5.91 Å². The van der Waals surface area contributed by atoms with Crippen LogP contribution in [0.5, 0.6) is 0 Å². The van der Waals surface area contributed by atoms with Crippen LogP contribution < -0.4 is 4.90 Å². The number of halogens is 1. The zero-order chi connectivity index (χ0) is 16.7. The highest BCUT2D eigenvalue weighted by Gasteiger charge is 2.47.